The molecule has 2 atom stereocenters. The van der Waals surface area contributed by atoms with E-state index in [0.29, 0.717) is 25.9 Å². The largest absolute Gasteiger partial charge is 0.466 e. The molecule has 55 heavy (non-hydrogen) atoms. The molecule has 0 rings (SSSR count). The van der Waals surface area contributed by atoms with Gasteiger partial charge in [0, 0.05) is 12.8 Å². The van der Waals surface area contributed by atoms with Gasteiger partial charge in [-0.15, -0.1) is 0 Å². The van der Waals surface area contributed by atoms with Crippen molar-refractivity contribution in [1.29, 1.82) is 0 Å². The molecule has 3 N–H and O–H groups in total. The first kappa shape index (κ1) is 53.6. The molecule has 1 amide bonds. The summed E-state index contributed by atoms with van der Waals surface area (Å²) in [7, 11) is 0. The summed E-state index contributed by atoms with van der Waals surface area (Å²) in [6.45, 7) is 4.86. The second-order valence-electron chi connectivity index (χ2n) is 16.8. The molecule has 6 nitrogen and oxygen atoms in total. The number of rotatable bonds is 45. The predicted octanol–water partition coefficient (Wildman–Crippen LogP) is 14.2. The lowest BCUT2D eigenvalue weighted by atomic mass is 10.0. The molecular formula is C49H95NO5. The Morgan fingerprint density at radius 1 is 0.491 bits per heavy atom. The third-order valence-electron chi connectivity index (χ3n) is 11.3. The molecule has 0 aliphatic rings. The van der Waals surface area contributed by atoms with Crippen LogP contribution in [0.4, 0.5) is 0 Å². The van der Waals surface area contributed by atoms with Gasteiger partial charge in [0.1, 0.15) is 0 Å². The SMILES string of the molecule is CCCCCCCCCCCCCCCCCCCCC(O)C(CO)NC(=O)CCC/C=C\CCCCCCOC(=O)CCCCCCCCCCCCC. The van der Waals surface area contributed by atoms with Crippen molar-refractivity contribution >= 4 is 11.9 Å². The van der Waals surface area contributed by atoms with Crippen LogP contribution in [0.2, 0.25) is 0 Å². The number of nitrogens with one attached hydrogen (secondary N) is 1. The van der Waals surface area contributed by atoms with Crippen molar-refractivity contribution in [2.24, 2.45) is 0 Å². The normalized spacial score (nSPS) is 12.7. The van der Waals surface area contributed by atoms with Crippen LogP contribution in [0.1, 0.15) is 264 Å². The van der Waals surface area contributed by atoms with Crippen molar-refractivity contribution in [1.82, 2.24) is 5.32 Å². The number of carbonyl (C=O) groups is 2. The number of amides is 1. The zero-order valence-electron chi connectivity index (χ0n) is 36.9. The molecule has 6 heteroatoms. The van der Waals surface area contributed by atoms with Gasteiger partial charge in [0.15, 0.2) is 0 Å². The molecule has 326 valence electrons. The molecule has 0 fully saturated rings. The van der Waals surface area contributed by atoms with Gasteiger partial charge in [-0.2, -0.15) is 0 Å². The minimum atomic E-state index is -0.693. The maximum Gasteiger partial charge on any atom is 0.305 e. The fourth-order valence-electron chi connectivity index (χ4n) is 7.52. The van der Waals surface area contributed by atoms with Crippen LogP contribution >= 0.6 is 0 Å². The summed E-state index contributed by atoms with van der Waals surface area (Å²) in [6, 6.07) is -0.577. The Morgan fingerprint density at radius 2 is 0.873 bits per heavy atom. The van der Waals surface area contributed by atoms with Gasteiger partial charge in [0.2, 0.25) is 5.91 Å². The first-order valence-corrected chi connectivity index (χ1v) is 24.4. The lowest BCUT2D eigenvalue weighted by molar-refractivity contribution is -0.143. The van der Waals surface area contributed by atoms with Gasteiger partial charge >= 0.3 is 5.97 Å². The number of hydrogen-bond donors (Lipinski definition) is 3. The number of carbonyl (C=O) groups excluding carboxylic acids is 2. The van der Waals surface area contributed by atoms with Gasteiger partial charge in [0.25, 0.3) is 0 Å². The Hall–Kier alpha value is -1.40. The second kappa shape index (κ2) is 45.3. The van der Waals surface area contributed by atoms with Crippen molar-refractivity contribution in [3.05, 3.63) is 12.2 Å². The number of ether oxygens (including phenoxy) is 1. The van der Waals surface area contributed by atoms with Crippen molar-refractivity contribution < 1.29 is 24.5 Å². The first-order chi connectivity index (χ1) is 27.0. The smallest absolute Gasteiger partial charge is 0.305 e. The molecule has 0 aliphatic carbocycles. The van der Waals surface area contributed by atoms with Crippen LogP contribution < -0.4 is 5.32 Å². The third kappa shape index (κ3) is 42.0. The number of hydrogen-bond acceptors (Lipinski definition) is 5. The van der Waals surface area contributed by atoms with E-state index < -0.39 is 12.1 Å². The summed E-state index contributed by atoms with van der Waals surface area (Å²) < 4.78 is 5.42. The molecule has 0 spiro atoms. The average Bonchev–Trinajstić information content (AvgIpc) is 3.18. The fourth-order valence-corrected chi connectivity index (χ4v) is 7.52. The molecular weight excluding hydrogens is 683 g/mol. The summed E-state index contributed by atoms with van der Waals surface area (Å²) >= 11 is 0. The van der Waals surface area contributed by atoms with E-state index in [9.17, 15) is 19.8 Å². The van der Waals surface area contributed by atoms with E-state index in [1.807, 2.05) is 0 Å². The maximum atomic E-state index is 12.4. The Labute approximate surface area is 342 Å². The molecule has 0 saturated carbocycles. The van der Waals surface area contributed by atoms with Crippen molar-refractivity contribution in [2.75, 3.05) is 13.2 Å². The highest BCUT2D eigenvalue weighted by molar-refractivity contribution is 5.76. The highest BCUT2D eigenvalue weighted by Crippen LogP contribution is 2.16. The van der Waals surface area contributed by atoms with Gasteiger partial charge in [-0.05, 0) is 44.9 Å². The van der Waals surface area contributed by atoms with Gasteiger partial charge in [0.05, 0.1) is 25.4 Å². The number of unbranched alkanes of at least 4 members (excludes halogenated alkanes) is 32. The quantitative estimate of drug-likeness (QED) is 0.0325. The highest BCUT2D eigenvalue weighted by atomic mass is 16.5. The van der Waals surface area contributed by atoms with E-state index in [1.54, 1.807) is 0 Å². The molecule has 0 bridgehead atoms. The summed E-state index contributed by atoms with van der Waals surface area (Å²) in [4.78, 5) is 24.4. The standard InChI is InChI=1S/C49H95NO5/c1-3-5-7-9-11-13-15-16-17-18-19-20-21-23-25-29-33-37-41-47(52)46(45-51)50-48(53)42-38-34-30-26-24-28-32-36-40-44-55-49(54)43-39-35-31-27-22-14-12-10-8-6-4-2/h26,30,46-47,51-52H,3-25,27-29,31-45H2,1-2H3,(H,50,53)/b30-26-. The number of esters is 1. The first-order valence-electron chi connectivity index (χ1n) is 24.4. The zero-order chi connectivity index (χ0) is 40.1. The van der Waals surface area contributed by atoms with Crippen molar-refractivity contribution in [3.63, 3.8) is 0 Å². The lowest BCUT2D eigenvalue weighted by Gasteiger charge is -2.22. The monoisotopic (exact) mass is 778 g/mol. The summed E-state index contributed by atoms with van der Waals surface area (Å²) in [5, 5.41) is 23.2. The van der Waals surface area contributed by atoms with Crippen molar-refractivity contribution in [2.45, 2.75) is 276 Å². The number of aliphatic hydroxyl groups is 2. The molecule has 2 unspecified atom stereocenters. The van der Waals surface area contributed by atoms with Crippen LogP contribution in [0.25, 0.3) is 0 Å². The number of allylic oxidation sites excluding steroid dienone is 2. The van der Waals surface area contributed by atoms with Gasteiger partial charge in [-0.1, -0.05) is 219 Å². The van der Waals surface area contributed by atoms with Crippen LogP contribution in [0, 0.1) is 0 Å². The van der Waals surface area contributed by atoms with E-state index in [2.05, 4.69) is 31.3 Å². The number of aliphatic hydroxyl groups excluding tert-OH is 2. The second-order valence-corrected chi connectivity index (χ2v) is 16.8. The average molecular weight is 778 g/mol. The minimum absolute atomic E-state index is 0.0357. The molecule has 0 radical (unpaired) electrons. The molecule has 0 aromatic carbocycles. The topological polar surface area (TPSA) is 95.9 Å². The van der Waals surface area contributed by atoms with Gasteiger partial charge in [-0.3, -0.25) is 9.59 Å². The van der Waals surface area contributed by atoms with Crippen LogP contribution in [0.5, 0.6) is 0 Å². The van der Waals surface area contributed by atoms with Gasteiger partial charge in [-0.25, -0.2) is 0 Å². The lowest BCUT2D eigenvalue weighted by Crippen LogP contribution is -2.45. The molecule has 0 heterocycles. The highest BCUT2D eigenvalue weighted by Gasteiger charge is 2.20. The predicted molar refractivity (Wildman–Crippen MR) is 237 cm³/mol. The Kier molecular flexibility index (Phi) is 44.2. The van der Waals surface area contributed by atoms with E-state index >= 15 is 0 Å². The van der Waals surface area contributed by atoms with Gasteiger partial charge < -0.3 is 20.3 Å². The van der Waals surface area contributed by atoms with Crippen LogP contribution in [-0.4, -0.2) is 47.4 Å². The van der Waals surface area contributed by atoms with E-state index in [-0.39, 0.29) is 18.5 Å². The third-order valence-corrected chi connectivity index (χ3v) is 11.3. The van der Waals surface area contributed by atoms with Crippen LogP contribution in [-0.2, 0) is 14.3 Å². The fraction of sp³-hybridized carbons (Fsp3) is 0.918. The van der Waals surface area contributed by atoms with Crippen LogP contribution in [0.3, 0.4) is 0 Å². The summed E-state index contributed by atoms with van der Waals surface area (Å²) in [5.74, 6) is -0.129. The summed E-state index contributed by atoms with van der Waals surface area (Å²) in [6.07, 6.45) is 50.4. The van der Waals surface area contributed by atoms with Crippen LogP contribution in [0.15, 0.2) is 12.2 Å². The molecule has 0 aromatic rings. The zero-order valence-corrected chi connectivity index (χ0v) is 36.9. The molecule has 0 aliphatic heterocycles. The summed E-state index contributed by atoms with van der Waals surface area (Å²) in [5.41, 5.74) is 0. The maximum absolute atomic E-state index is 12.4. The Morgan fingerprint density at radius 3 is 1.33 bits per heavy atom. The van der Waals surface area contributed by atoms with E-state index in [0.717, 1.165) is 70.6 Å². The molecule has 0 saturated heterocycles. The molecule has 0 aromatic heterocycles. The Bertz CT molecular complexity index is 817. The Balaban J connectivity index is 3.55. The van der Waals surface area contributed by atoms with E-state index in [1.165, 1.54) is 161 Å². The van der Waals surface area contributed by atoms with E-state index in [4.69, 9.17) is 4.74 Å². The van der Waals surface area contributed by atoms with Crippen molar-refractivity contribution in [3.8, 4) is 0 Å². The minimum Gasteiger partial charge on any atom is -0.466 e.